The van der Waals surface area contributed by atoms with Crippen LogP contribution in [0.3, 0.4) is 0 Å². The summed E-state index contributed by atoms with van der Waals surface area (Å²) in [5.41, 5.74) is 6.84. The third kappa shape index (κ3) is 5.49. The molecule has 0 bridgehead atoms. The van der Waals surface area contributed by atoms with Gasteiger partial charge < -0.3 is 20.9 Å². The minimum Gasteiger partial charge on any atom is -0.361 e. The van der Waals surface area contributed by atoms with Crippen LogP contribution in [-0.2, 0) is 31.9 Å². The lowest BCUT2D eigenvalue weighted by Crippen LogP contribution is -2.55. The smallest absolute Gasteiger partial charge is 0.309 e. The molecule has 3 amide bonds. The van der Waals surface area contributed by atoms with Crippen LogP contribution in [0.1, 0.15) is 36.0 Å². The van der Waals surface area contributed by atoms with E-state index < -0.39 is 22.8 Å². The van der Waals surface area contributed by atoms with E-state index >= 15 is 0 Å². The zero-order chi connectivity index (χ0) is 28.3. The highest BCUT2D eigenvalue weighted by Crippen LogP contribution is 2.56. The van der Waals surface area contributed by atoms with Crippen molar-refractivity contribution >= 4 is 17.7 Å². The number of rotatable bonds is 8. The number of piperidine rings is 1. The number of nitrogens with zero attached hydrogens (tertiary/aromatic N) is 2. The van der Waals surface area contributed by atoms with Gasteiger partial charge in [-0.25, -0.2) is 4.39 Å². The maximum absolute atomic E-state index is 14.0. The fourth-order valence-electron chi connectivity index (χ4n) is 6.25. The third-order valence-electron chi connectivity index (χ3n) is 8.55. The zero-order valence-electron chi connectivity index (χ0n) is 22.7. The molecule has 7 nitrogen and oxygen atoms in total. The van der Waals surface area contributed by atoms with Crippen molar-refractivity contribution in [2.75, 3.05) is 26.7 Å². The summed E-state index contributed by atoms with van der Waals surface area (Å²) < 4.78 is 13.4. The minimum absolute atomic E-state index is 0.0670. The number of hydrogen-bond acceptors (Lipinski definition) is 4. The van der Waals surface area contributed by atoms with E-state index in [1.165, 1.54) is 12.1 Å². The number of hydrogen-bond donors (Lipinski definition) is 2. The van der Waals surface area contributed by atoms with Gasteiger partial charge in [0.1, 0.15) is 5.82 Å². The van der Waals surface area contributed by atoms with Crippen LogP contribution in [-0.4, -0.2) is 54.2 Å². The number of benzene rings is 3. The van der Waals surface area contributed by atoms with E-state index in [9.17, 15) is 18.8 Å². The highest BCUT2D eigenvalue weighted by atomic mass is 19.1. The summed E-state index contributed by atoms with van der Waals surface area (Å²) in [4.78, 5) is 42.0. The molecular formula is C32H35FN4O3. The molecule has 2 atom stereocenters. The molecule has 1 aliphatic carbocycles. The van der Waals surface area contributed by atoms with Crippen molar-refractivity contribution in [3.63, 3.8) is 0 Å². The van der Waals surface area contributed by atoms with Gasteiger partial charge in [-0.05, 0) is 54.0 Å². The Bertz CT molecular complexity index is 1360. The number of halogens is 1. The summed E-state index contributed by atoms with van der Waals surface area (Å²) in [5.74, 6) is -1.86. The summed E-state index contributed by atoms with van der Waals surface area (Å²) in [6, 6.07) is 25.9. The number of likely N-dealkylation sites (tertiary alicyclic amines) is 1. The molecule has 2 unspecified atom stereocenters. The normalized spacial score (nSPS) is 21.8. The molecule has 3 N–H and O–H groups in total. The van der Waals surface area contributed by atoms with Crippen molar-refractivity contribution in [1.29, 1.82) is 0 Å². The maximum atomic E-state index is 14.0. The van der Waals surface area contributed by atoms with E-state index in [0.29, 0.717) is 32.5 Å². The largest absolute Gasteiger partial charge is 0.361 e. The van der Waals surface area contributed by atoms with Gasteiger partial charge in [-0.1, -0.05) is 72.8 Å². The van der Waals surface area contributed by atoms with Gasteiger partial charge >= 0.3 is 11.8 Å². The van der Waals surface area contributed by atoms with Crippen LogP contribution in [0.5, 0.6) is 0 Å². The van der Waals surface area contributed by atoms with E-state index in [4.69, 9.17) is 5.73 Å². The highest BCUT2D eigenvalue weighted by molar-refractivity contribution is 6.34. The molecule has 40 heavy (non-hydrogen) atoms. The number of amides is 3. The first-order chi connectivity index (χ1) is 19.2. The van der Waals surface area contributed by atoms with E-state index in [1.807, 2.05) is 67.7 Å². The molecule has 2 aliphatic rings. The maximum Gasteiger partial charge on any atom is 0.309 e. The van der Waals surface area contributed by atoms with Gasteiger partial charge in [-0.15, -0.1) is 0 Å². The Morgan fingerprint density at radius 1 is 0.925 bits per heavy atom. The van der Waals surface area contributed by atoms with Crippen LogP contribution in [0.4, 0.5) is 4.39 Å². The summed E-state index contributed by atoms with van der Waals surface area (Å²) >= 11 is 0. The number of carbonyl (C=O) groups is 3. The van der Waals surface area contributed by atoms with Gasteiger partial charge in [0.15, 0.2) is 0 Å². The second kappa shape index (κ2) is 11.2. The Morgan fingerprint density at radius 3 is 2.08 bits per heavy atom. The lowest BCUT2D eigenvalue weighted by Gasteiger charge is -2.43. The third-order valence-corrected chi connectivity index (χ3v) is 8.55. The molecule has 1 saturated heterocycles. The molecule has 208 valence electrons. The van der Waals surface area contributed by atoms with E-state index in [1.54, 1.807) is 17.0 Å². The molecule has 1 heterocycles. The van der Waals surface area contributed by atoms with Gasteiger partial charge in [-0.2, -0.15) is 0 Å². The molecule has 3 aromatic rings. The summed E-state index contributed by atoms with van der Waals surface area (Å²) in [5, 5.41) is 2.92. The minimum atomic E-state index is -0.994. The first-order valence-corrected chi connectivity index (χ1v) is 13.7. The van der Waals surface area contributed by atoms with Crippen LogP contribution < -0.4 is 11.1 Å². The second-order valence-corrected chi connectivity index (χ2v) is 11.1. The SMILES string of the molecule is CN(Cc1ccc(F)cc1)C(=O)C1(c2ccccc2)CC1CN1CCC(NC(=O)C(N)=O)(c2ccccc2)CC1. The van der Waals surface area contributed by atoms with Crippen molar-refractivity contribution in [1.82, 2.24) is 15.1 Å². The quantitative estimate of drug-likeness (QED) is 0.427. The Hall–Kier alpha value is -4.04. The second-order valence-electron chi connectivity index (χ2n) is 11.1. The van der Waals surface area contributed by atoms with Gasteiger partial charge in [0.05, 0.1) is 11.0 Å². The van der Waals surface area contributed by atoms with E-state index in [2.05, 4.69) is 10.2 Å². The highest BCUT2D eigenvalue weighted by Gasteiger charge is 2.62. The van der Waals surface area contributed by atoms with Gasteiger partial charge in [0, 0.05) is 33.2 Å². The molecule has 0 radical (unpaired) electrons. The molecule has 1 aliphatic heterocycles. The van der Waals surface area contributed by atoms with Gasteiger partial charge in [0.2, 0.25) is 5.91 Å². The fourth-order valence-corrected chi connectivity index (χ4v) is 6.25. The standard InChI is InChI=1S/C32H35FN4O3/c1-36(21-23-12-14-27(33)15-13-23)30(40)32(25-10-6-3-7-11-25)20-26(32)22-37-18-16-31(17-19-37,35-29(39)28(34)38)24-8-4-2-5-9-24/h2-15,26H,16-22H2,1H3,(H2,34,38)(H,35,39). The molecule has 0 spiro atoms. The summed E-state index contributed by atoms with van der Waals surface area (Å²) in [7, 11) is 1.81. The number of primary amides is 1. The van der Waals surface area contributed by atoms with Crippen LogP contribution in [0, 0.1) is 11.7 Å². The van der Waals surface area contributed by atoms with Crippen molar-refractivity contribution in [3.05, 3.63) is 107 Å². The molecule has 1 saturated carbocycles. The van der Waals surface area contributed by atoms with Gasteiger partial charge in [0.25, 0.3) is 0 Å². The predicted octanol–water partition coefficient (Wildman–Crippen LogP) is 3.33. The van der Waals surface area contributed by atoms with Crippen LogP contribution >= 0.6 is 0 Å². The predicted molar refractivity (Wildman–Crippen MR) is 150 cm³/mol. The van der Waals surface area contributed by atoms with Crippen molar-refractivity contribution < 1.29 is 18.8 Å². The zero-order valence-corrected chi connectivity index (χ0v) is 22.7. The van der Waals surface area contributed by atoms with E-state index in [0.717, 1.165) is 29.7 Å². The molecular weight excluding hydrogens is 507 g/mol. The van der Waals surface area contributed by atoms with Crippen LogP contribution in [0.15, 0.2) is 84.9 Å². The number of nitrogens with one attached hydrogen (secondary N) is 1. The molecule has 2 fully saturated rings. The monoisotopic (exact) mass is 542 g/mol. The molecule has 0 aromatic heterocycles. The van der Waals surface area contributed by atoms with E-state index in [-0.39, 0.29) is 17.6 Å². The lowest BCUT2D eigenvalue weighted by molar-refractivity contribution is -0.139. The summed E-state index contributed by atoms with van der Waals surface area (Å²) in [6.45, 7) is 2.56. The summed E-state index contributed by atoms with van der Waals surface area (Å²) in [6.07, 6.45) is 2.00. The fraction of sp³-hybridized carbons (Fsp3) is 0.344. The Morgan fingerprint density at radius 2 is 1.50 bits per heavy atom. The number of carbonyl (C=O) groups excluding carboxylic acids is 3. The number of nitrogens with two attached hydrogens (primary N) is 1. The first-order valence-electron chi connectivity index (χ1n) is 13.7. The van der Waals surface area contributed by atoms with Crippen molar-refractivity contribution in [2.24, 2.45) is 11.7 Å². The number of likely N-dealkylation sites (N-methyl/N-ethyl adjacent to an activating group) is 1. The van der Waals surface area contributed by atoms with Crippen molar-refractivity contribution in [3.8, 4) is 0 Å². The first kappa shape index (κ1) is 27.5. The average Bonchev–Trinajstić information content (AvgIpc) is 3.70. The lowest BCUT2D eigenvalue weighted by atomic mass is 9.80. The Kier molecular flexibility index (Phi) is 7.72. The van der Waals surface area contributed by atoms with Crippen LogP contribution in [0.25, 0.3) is 0 Å². The molecule has 8 heteroatoms. The Labute approximate surface area is 234 Å². The average molecular weight is 543 g/mol. The molecule has 5 rings (SSSR count). The molecule has 3 aromatic carbocycles. The van der Waals surface area contributed by atoms with Crippen molar-refractivity contribution in [2.45, 2.75) is 36.8 Å². The Balaban J connectivity index is 1.30. The topological polar surface area (TPSA) is 95.7 Å². The van der Waals surface area contributed by atoms with Gasteiger partial charge in [-0.3, -0.25) is 14.4 Å². The van der Waals surface area contributed by atoms with Crippen LogP contribution in [0.2, 0.25) is 0 Å².